The predicted octanol–water partition coefficient (Wildman–Crippen LogP) is 2.18. The van der Waals surface area contributed by atoms with Crippen LogP contribution in [0.4, 0.5) is 5.69 Å². The van der Waals surface area contributed by atoms with E-state index in [1.807, 2.05) is 20.8 Å². The molecule has 0 spiro atoms. The van der Waals surface area contributed by atoms with Crippen LogP contribution >= 0.6 is 0 Å². The van der Waals surface area contributed by atoms with Gasteiger partial charge in [-0.15, -0.1) is 0 Å². The van der Waals surface area contributed by atoms with E-state index in [4.69, 9.17) is 4.42 Å². The molecular formula is C18H21N3O4. The first-order valence-corrected chi connectivity index (χ1v) is 7.79. The highest BCUT2D eigenvalue weighted by atomic mass is 16.3. The van der Waals surface area contributed by atoms with E-state index in [2.05, 4.69) is 16.0 Å². The van der Waals surface area contributed by atoms with Crippen LogP contribution in [0.5, 0.6) is 0 Å². The highest BCUT2D eigenvalue weighted by Crippen LogP contribution is 2.11. The summed E-state index contributed by atoms with van der Waals surface area (Å²) in [5.41, 5.74) is 0.568. The number of benzene rings is 1. The molecule has 0 saturated carbocycles. The quantitative estimate of drug-likeness (QED) is 0.774. The molecule has 7 heteroatoms. The van der Waals surface area contributed by atoms with Crippen LogP contribution in [-0.2, 0) is 4.79 Å². The van der Waals surface area contributed by atoms with E-state index >= 15 is 0 Å². The maximum atomic E-state index is 12.0. The number of anilines is 1. The number of hydrogen-bond acceptors (Lipinski definition) is 4. The van der Waals surface area contributed by atoms with Gasteiger partial charge in [0, 0.05) is 16.8 Å². The van der Waals surface area contributed by atoms with Crippen LogP contribution in [0.25, 0.3) is 0 Å². The summed E-state index contributed by atoms with van der Waals surface area (Å²) in [5.74, 6) is -0.802. The Balaban J connectivity index is 1.87. The minimum Gasteiger partial charge on any atom is -0.459 e. The van der Waals surface area contributed by atoms with Crippen molar-refractivity contribution in [2.45, 2.75) is 26.3 Å². The Kier molecular flexibility index (Phi) is 5.59. The lowest BCUT2D eigenvalue weighted by Gasteiger charge is -2.20. The summed E-state index contributed by atoms with van der Waals surface area (Å²) in [4.78, 5) is 35.6. The van der Waals surface area contributed by atoms with Gasteiger partial charge in [-0.3, -0.25) is 14.4 Å². The van der Waals surface area contributed by atoms with Gasteiger partial charge in [0.15, 0.2) is 5.76 Å². The summed E-state index contributed by atoms with van der Waals surface area (Å²) >= 11 is 0. The van der Waals surface area contributed by atoms with Crippen molar-refractivity contribution in [1.29, 1.82) is 0 Å². The molecule has 0 atom stereocenters. The van der Waals surface area contributed by atoms with Crippen LogP contribution in [-0.4, -0.2) is 29.8 Å². The second-order valence-corrected chi connectivity index (χ2v) is 6.49. The maximum Gasteiger partial charge on any atom is 0.291 e. The van der Waals surface area contributed by atoms with Gasteiger partial charge in [0.05, 0.1) is 12.8 Å². The third-order valence-electron chi connectivity index (χ3n) is 3.07. The Morgan fingerprint density at radius 1 is 1.00 bits per heavy atom. The molecule has 7 nitrogen and oxygen atoms in total. The fraction of sp³-hybridized carbons (Fsp3) is 0.278. The molecule has 132 valence electrons. The Labute approximate surface area is 145 Å². The van der Waals surface area contributed by atoms with Crippen LogP contribution < -0.4 is 16.0 Å². The van der Waals surface area contributed by atoms with Crippen molar-refractivity contribution < 1.29 is 18.8 Å². The fourth-order valence-corrected chi connectivity index (χ4v) is 2.03. The summed E-state index contributed by atoms with van der Waals surface area (Å²) in [5, 5.41) is 7.97. The molecule has 1 aromatic carbocycles. The van der Waals surface area contributed by atoms with Crippen LogP contribution in [0.15, 0.2) is 47.1 Å². The van der Waals surface area contributed by atoms with Crippen molar-refractivity contribution in [3.05, 3.63) is 54.0 Å². The van der Waals surface area contributed by atoms with Crippen LogP contribution in [0.3, 0.4) is 0 Å². The molecule has 0 bridgehead atoms. The summed E-state index contributed by atoms with van der Waals surface area (Å²) in [7, 11) is 0. The maximum absolute atomic E-state index is 12.0. The SMILES string of the molecule is CC(C)(C)NC(=O)CNC(=O)c1ccc(NC(=O)c2ccco2)cc1. The van der Waals surface area contributed by atoms with Gasteiger partial charge in [-0.05, 0) is 57.2 Å². The number of furan rings is 1. The molecule has 0 fully saturated rings. The molecule has 0 saturated heterocycles. The van der Waals surface area contributed by atoms with Gasteiger partial charge < -0.3 is 20.4 Å². The van der Waals surface area contributed by atoms with E-state index in [1.54, 1.807) is 36.4 Å². The zero-order valence-corrected chi connectivity index (χ0v) is 14.4. The van der Waals surface area contributed by atoms with E-state index in [0.717, 1.165) is 0 Å². The molecule has 0 aliphatic carbocycles. The first-order valence-electron chi connectivity index (χ1n) is 7.79. The highest BCUT2D eigenvalue weighted by Gasteiger charge is 2.15. The molecule has 2 rings (SSSR count). The molecule has 2 aromatic rings. The Morgan fingerprint density at radius 3 is 2.24 bits per heavy atom. The lowest BCUT2D eigenvalue weighted by molar-refractivity contribution is -0.121. The molecule has 25 heavy (non-hydrogen) atoms. The predicted molar refractivity (Wildman–Crippen MR) is 93.3 cm³/mol. The van der Waals surface area contributed by atoms with Gasteiger partial charge in [-0.2, -0.15) is 0 Å². The van der Waals surface area contributed by atoms with Crippen molar-refractivity contribution in [2.75, 3.05) is 11.9 Å². The van der Waals surface area contributed by atoms with Crippen LogP contribution in [0, 0.1) is 0 Å². The topological polar surface area (TPSA) is 100 Å². The second kappa shape index (κ2) is 7.65. The minimum atomic E-state index is -0.374. The molecule has 0 unspecified atom stereocenters. The lowest BCUT2D eigenvalue weighted by atomic mass is 10.1. The molecule has 0 radical (unpaired) electrons. The van der Waals surface area contributed by atoms with Gasteiger partial charge in [0.2, 0.25) is 5.91 Å². The summed E-state index contributed by atoms with van der Waals surface area (Å²) in [6, 6.07) is 9.51. The van der Waals surface area contributed by atoms with Crippen molar-refractivity contribution >= 4 is 23.4 Å². The minimum absolute atomic E-state index is 0.104. The summed E-state index contributed by atoms with van der Waals surface area (Å²) in [6.45, 7) is 5.49. The van der Waals surface area contributed by atoms with Gasteiger partial charge in [0.1, 0.15) is 0 Å². The summed E-state index contributed by atoms with van der Waals surface area (Å²) < 4.78 is 5.00. The summed E-state index contributed by atoms with van der Waals surface area (Å²) in [6.07, 6.45) is 1.41. The highest BCUT2D eigenvalue weighted by molar-refractivity contribution is 6.02. The standard InChI is InChI=1S/C18H21N3O4/c1-18(2,3)21-15(22)11-19-16(23)12-6-8-13(9-7-12)20-17(24)14-5-4-10-25-14/h4-10H,11H2,1-3H3,(H,19,23)(H,20,24)(H,21,22). The number of hydrogen-bond donors (Lipinski definition) is 3. The normalized spacial score (nSPS) is 10.8. The van der Waals surface area contributed by atoms with Crippen molar-refractivity contribution in [3.63, 3.8) is 0 Å². The van der Waals surface area contributed by atoms with Gasteiger partial charge >= 0.3 is 0 Å². The average molecular weight is 343 g/mol. The third kappa shape index (κ3) is 5.80. The van der Waals surface area contributed by atoms with E-state index in [9.17, 15) is 14.4 Å². The van der Waals surface area contributed by atoms with Crippen LogP contribution in [0.2, 0.25) is 0 Å². The Bertz CT molecular complexity index is 744. The van der Waals surface area contributed by atoms with Crippen LogP contribution in [0.1, 0.15) is 41.7 Å². The third-order valence-corrected chi connectivity index (χ3v) is 3.07. The lowest BCUT2D eigenvalue weighted by Crippen LogP contribution is -2.45. The van der Waals surface area contributed by atoms with Crippen molar-refractivity contribution in [3.8, 4) is 0 Å². The Morgan fingerprint density at radius 2 is 1.68 bits per heavy atom. The molecular weight excluding hydrogens is 322 g/mol. The number of amides is 3. The number of nitrogens with one attached hydrogen (secondary N) is 3. The monoisotopic (exact) mass is 343 g/mol. The smallest absolute Gasteiger partial charge is 0.291 e. The molecule has 0 aliphatic rings. The van der Waals surface area contributed by atoms with Gasteiger partial charge in [-0.25, -0.2) is 0 Å². The molecule has 3 N–H and O–H groups in total. The van der Waals surface area contributed by atoms with E-state index in [1.165, 1.54) is 6.26 Å². The zero-order valence-electron chi connectivity index (χ0n) is 14.4. The number of carbonyl (C=O) groups excluding carboxylic acids is 3. The zero-order chi connectivity index (χ0) is 18.4. The van der Waals surface area contributed by atoms with E-state index in [0.29, 0.717) is 11.3 Å². The number of carbonyl (C=O) groups is 3. The van der Waals surface area contributed by atoms with Crippen molar-refractivity contribution in [1.82, 2.24) is 10.6 Å². The van der Waals surface area contributed by atoms with E-state index in [-0.39, 0.29) is 35.6 Å². The molecule has 3 amide bonds. The first-order chi connectivity index (χ1) is 11.7. The van der Waals surface area contributed by atoms with Gasteiger partial charge in [0.25, 0.3) is 11.8 Å². The molecule has 1 heterocycles. The fourth-order valence-electron chi connectivity index (χ4n) is 2.03. The Hall–Kier alpha value is -3.09. The molecule has 1 aromatic heterocycles. The van der Waals surface area contributed by atoms with Crippen molar-refractivity contribution in [2.24, 2.45) is 0 Å². The second-order valence-electron chi connectivity index (χ2n) is 6.49. The number of rotatable bonds is 5. The largest absolute Gasteiger partial charge is 0.459 e. The van der Waals surface area contributed by atoms with E-state index < -0.39 is 0 Å². The van der Waals surface area contributed by atoms with Gasteiger partial charge in [-0.1, -0.05) is 0 Å². The average Bonchev–Trinajstić information content (AvgIpc) is 3.06. The molecule has 0 aliphatic heterocycles. The first kappa shape index (κ1) is 18.3.